The van der Waals surface area contributed by atoms with Gasteiger partial charge >= 0.3 is 0 Å². The van der Waals surface area contributed by atoms with Gasteiger partial charge in [0.25, 0.3) is 0 Å². The summed E-state index contributed by atoms with van der Waals surface area (Å²) in [6.45, 7) is 2.00. The molecule has 5 nitrogen and oxygen atoms in total. The number of likely N-dealkylation sites (tertiary alicyclic amines) is 1. The van der Waals surface area contributed by atoms with Gasteiger partial charge in [0, 0.05) is 31.7 Å². The van der Waals surface area contributed by atoms with Crippen molar-refractivity contribution < 1.29 is 14.3 Å². The molecule has 2 aliphatic heterocycles. The Balaban J connectivity index is 1.36. The van der Waals surface area contributed by atoms with Crippen LogP contribution in [-0.2, 0) is 9.59 Å². The minimum atomic E-state index is -0.247. The van der Waals surface area contributed by atoms with Crippen molar-refractivity contribution >= 4 is 17.5 Å². The topological polar surface area (TPSA) is 49.9 Å². The highest BCUT2D eigenvalue weighted by Gasteiger charge is 2.38. The van der Waals surface area contributed by atoms with Crippen molar-refractivity contribution in [1.29, 1.82) is 0 Å². The highest BCUT2D eigenvalue weighted by atomic mass is 16.5. The van der Waals surface area contributed by atoms with E-state index >= 15 is 0 Å². The van der Waals surface area contributed by atoms with Crippen LogP contribution in [0, 0.1) is 5.92 Å². The predicted octanol–water partition coefficient (Wildman–Crippen LogP) is 3.45. The van der Waals surface area contributed by atoms with E-state index in [1.807, 2.05) is 35.2 Å². The van der Waals surface area contributed by atoms with Crippen molar-refractivity contribution in [2.45, 2.75) is 25.2 Å². The molecule has 1 unspecified atom stereocenters. The van der Waals surface area contributed by atoms with Crippen molar-refractivity contribution in [2.24, 2.45) is 5.92 Å². The monoisotopic (exact) mass is 378 g/mol. The Labute approximate surface area is 165 Å². The molecule has 0 radical (unpaired) electrons. The summed E-state index contributed by atoms with van der Waals surface area (Å²) >= 11 is 0. The van der Waals surface area contributed by atoms with Crippen LogP contribution >= 0.6 is 0 Å². The molecule has 0 N–H and O–H groups in total. The van der Waals surface area contributed by atoms with E-state index in [2.05, 4.69) is 24.3 Å². The van der Waals surface area contributed by atoms with E-state index < -0.39 is 0 Å². The van der Waals surface area contributed by atoms with Crippen LogP contribution in [0.2, 0.25) is 0 Å². The molecule has 0 spiro atoms. The smallest absolute Gasteiger partial charge is 0.228 e. The minimum absolute atomic E-state index is 0.0164. The molecule has 2 aromatic carbocycles. The average Bonchev–Trinajstić information content (AvgIpc) is 3.15. The van der Waals surface area contributed by atoms with Gasteiger partial charge in [0.2, 0.25) is 11.8 Å². The summed E-state index contributed by atoms with van der Waals surface area (Å²) in [5.41, 5.74) is 2.18. The Hall–Kier alpha value is -2.82. The van der Waals surface area contributed by atoms with Crippen molar-refractivity contribution in [2.75, 3.05) is 31.6 Å². The number of amides is 2. The maximum absolute atomic E-state index is 13.0. The Morgan fingerprint density at radius 3 is 2.32 bits per heavy atom. The number of ether oxygens (including phenoxy) is 1. The number of anilines is 1. The number of hydrogen-bond acceptors (Lipinski definition) is 3. The number of hydrogen-bond donors (Lipinski definition) is 0. The lowest BCUT2D eigenvalue weighted by atomic mass is 9.89. The molecule has 0 aromatic heterocycles. The largest absolute Gasteiger partial charge is 0.497 e. The van der Waals surface area contributed by atoms with E-state index in [1.54, 1.807) is 12.0 Å². The Bertz CT molecular complexity index is 827. The summed E-state index contributed by atoms with van der Waals surface area (Å²) in [6.07, 6.45) is 2.26. The van der Waals surface area contributed by atoms with Gasteiger partial charge in [0.05, 0.1) is 13.0 Å². The maximum atomic E-state index is 13.0. The van der Waals surface area contributed by atoms with E-state index in [0.717, 1.165) is 37.4 Å². The second-order valence-electron chi connectivity index (χ2n) is 7.61. The molecule has 2 amide bonds. The van der Waals surface area contributed by atoms with Crippen LogP contribution in [0.1, 0.15) is 30.7 Å². The van der Waals surface area contributed by atoms with E-state index in [4.69, 9.17) is 4.74 Å². The lowest BCUT2D eigenvalue weighted by Crippen LogP contribution is -2.42. The number of methoxy groups -OCH3 is 1. The molecule has 146 valence electrons. The summed E-state index contributed by atoms with van der Waals surface area (Å²) in [5, 5.41) is 0. The number of rotatable bonds is 4. The lowest BCUT2D eigenvalue weighted by Gasteiger charge is -2.33. The zero-order chi connectivity index (χ0) is 19.5. The van der Waals surface area contributed by atoms with Gasteiger partial charge in [-0.2, -0.15) is 0 Å². The molecular weight excluding hydrogens is 352 g/mol. The first-order valence-corrected chi connectivity index (χ1v) is 9.94. The highest BCUT2D eigenvalue weighted by Crippen LogP contribution is 2.31. The summed E-state index contributed by atoms with van der Waals surface area (Å²) in [7, 11) is 1.62. The quantitative estimate of drug-likeness (QED) is 0.819. The molecule has 2 aromatic rings. The average molecular weight is 378 g/mol. The molecular formula is C23H26N2O3. The summed E-state index contributed by atoms with van der Waals surface area (Å²) in [5.74, 6) is 1.16. The zero-order valence-corrected chi connectivity index (χ0v) is 16.2. The first-order chi connectivity index (χ1) is 13.7. The SMILES string of the molecule is COc1ccc(N2CC(C(=O)N3CCC(c4ccccc4)CC3)CC2=O)cc1. The Kier molecular flexibility index (Phi) is 5.33. The van der Waals surface area contributed by atoms with Crippen LogP contribution in [0.15, 0.2) is 54.6 Å². The highest BCUT2D eigenvalue weighted by molar-refractivity contribution is 6.00. The van der Waals surface area contributed by atoms with Gasteiger partial charge in [-0.15, -0.1) is 0 Å². The van der Waals surface area contributed by atoms with Gasteiger partial charge in [0.1, 0.15) is 5.75 Å². The second kappa shape index (κ2) is 8.05. The third-order valence-corrected chi connectivity index (χ3v) is 5.94. The fourth-order valence-corrected chi connectivity index (χ4v) is 4.30. The van der Waals surface area contributed by atoms with Crippen LogP contribution in [0.3, 0.4) is 0 Å². The molecule has 4 rings (SSSR count). The molecule has 2 aliphatic rings. The van der Waals surface area contributed by atoms with E-state index in [-0.39, 0.29) is 17.7 Å². The van der Waals surface area contributed by atoms with Crippen LogP contribution in [-0.4, -0.2) is 43.5 Å². The fourth-order valence-electron chi connectivity index (χ4n) is 4.30. The van der Waals surface area contributed by atoms with Crippen molar-refractivity contribution in [1.82, 2.24) is 4.90 Å². The number of carbonyl (C=O) groups is 2. The van der Waals surface area contributed by atoms with Gasteiger partial charge in [-0.25, -0.2) is 0 Å². The molecule has 0 aliphatic carbocycles. The van der Waals surface area contributed by atoms with Crippen molar-refractivity contribution in [3.63, 3.8) is 0 Å². The molecule has 28 heavy (non-hydrogen) atoms. The van der Waals surface area contributed by atoms with Crippen LogP contribution < -0.4 is 9.64 Å². The van der Waals surface area contributed by atoms with Gasteiger partial charge in [-0.05, 0) is 48.6 Å². The predicted molar refractivity (Wildman–Crippen MR) is 108 cm³/mol. The van der Waals surface area contributed by atoms with Gasteiger partial charge in [0.15, 0.2) is 0 Å². The first-order valence-electron chi connectivity index (χ1n) is 9.94. The van der Waals surface area contributed by atoms with Gasteiger partial charge < -0.3 is 14.5 Å². The molecule has 5 heteroatoms. The number of carbonyl (C=O) groups excluding carboxylic acids is 2. The molecule has 2 fully saturated rings. The van der Waals surface area contributed by atoms with Crippen LogP contribution in [0.5, 0.6) is 5.75 Å². The molecule has 0 saturated carbocycles. The zero-order valence-electron chi connectivity index (χ0n) is 16.2. The molecule has 2 heterocycles. The lowest BCUT2D eigenvalue weighted by molar-refractivity contribution is -0.136. The van der Waals surface area contributed by atoms with E-state index in [1.165, 1.54) is 5.56 Å². The molecule has 1 atom stereocenters. The number of nitrogens with zero attached hydrogens (tertiary/aromatic N) is 2. The summed E-state index contributed by atoms with van der Waals surface area (Å²) in [6, 6.07) is 17.9. The van der Waals surface area contributed by atoms with E-state index in [9.17, 15) is 9.59 Å². The van der Waals surface area contributed by atoms with Gasteiger partial charge in [-0.1, -0.05) is 30.3 Å². The summed E-state index contributed by atoms with van der Waals surface area (Å²) < 4.78 is 5.17. The van der Waals surface area contributed by atoms with Crippen molar-refractivity contribution in [3.05, 3.63) is 60.2 Å². The van der Waals surface area contributed by atoms with Crippen LogP contribution in [0.4, 0.5) is 5.69 Å². The number of piperidine rings is 1. The Morgan fingerprint density at radius 1 is 1.00 bits per heavy atom. The first kappa shape index (κ1) is 18.5. The molecule has 2 saturated heterocycles. The molecule has 0 bridgehead atoms. The normalized spacial score (nSPS) is 20.5. The fraction of sp³-hybridized carbons (Fsp3) is 0.391. The maximum Gasteiger partial charge on any atom is 0.228 e. The van der Waals surface area contributed by atoms with Crippen molar-refractivity contribution in [3.8, 4) is 5.75 Å². The third kappa shape index (κ3) is 3.75. The van der Waals surface area contributed by atoms with E-state index in [0.29, 0.717) is 18.9 Å². The Morgan fingerprint density at radius 2 is 1.68 bits per heavy atom. The standard InChI is InChI=1S/C23H26N2O3/c1-28-21-9-7-20(8-10-21)25-16-19(15-22(25)26)23(27)24-13-11-18(12-14-24)17-5-3-2-4-6-17/h2-10,18-19H,11-16H2,1H3. The second-order valence-corrected chi connectivity index (χ2v) is 7.61. The number of benzene rings is 2. The third-order valence-electron chi connectivity index (χ3n) is 5.94. The van der Waals surface area contributed by atoms with Crippen LogP contribution in [0.25, 0.3) is 0 Å². The minimum Gasteiger partial charge on any atom is -0.497 e. The summed E-state index contributed by atoms with van der Waals surface area (Å²) in [4.78, 5) is 29.2. The van der Waals surface area contributed by atoms with Gasteiger partial charge in [-0.3, -0.25) is 9.59 Å².